The molecule has 0 aromatic carbocycles. The Morgan fingerprint density at radius 2 is 2.13 bits per heavy atom. The van der Waals surface area contributed by atoms with Crippen LogP contribution < -0.4 is 15.5 Å². The molecule has 2 aliphatic rings. The molecule has 3 rings (SSSR count). The summed E-state index contributed by atoms with van der Waals surface area (Å²) in [5, 5.41) is 6.50. The first-order valence-electron chi connectivity index (χ1n) is 9.95. The SMILES string of the molecule is CCNC(=NCCS(=O)(=O)N1CCSCC1)NC1CCN(c2ncccc2F)C1.I. The number of pyridine rings is 1. The highest BCUT2D eigenvalue weighted by Gasteiger charge is 2.26. The van der Waals surface area contributed by atoms with Gasteiger partial charge in [0, 0.05) is 56.5 Å². The molecule has 0 amide bonds. The molecule has 2 fully saturated rings. The number of guanidine groups is 1. The molecule has 8 nitrogen and oxygen atoms in total. The Bertz CT molecular complexity index is 808. The van der Waals surface area contributed by atoms with E-state index in [-0.39, 0.29) is 48.1 Å². The van der Waals surface area contributed by atoms with Crippen molar-refractivity contribution in [2.45, 2.75) is 19.4 Å². The minimum Gasteiger partial charge on any atom is -0.357 e. The quantitative estimate of drug-likeness (QED) is 0.290. The minimum atomic E-state index is -3.27. The molecule has 3 heterocycles. The molecule has 1 aromatic rings. The van der Waals surface area contributed by atoms with Gasteiger partial charge in [0.1, 0.15) is 0 Å². The summed E-state index contributed by atoms with van der Waals surface area (Å²) in [4.78, 5) is 10.5. The number of hydrogen-bond acceptors (Lipinski definition) is 6. The fraction of sp³-hybridized carbons (Fsp3) is 0.667. The zero-order chi connectivity index (χ0) is 20.7. The molecule has 0 bridgehead atoms. The summed E-state index contributed by atoms with van der Waals surface area (Å²) < 4.78 is 40.4. The van der Waals surface area contributed by atoms with Crippen molar-refractivity contribution < 1.29 is 12.8 Å². The van der Waals surface area contributed by atoms with Crippen LogP contribution in [0, 0.1) is 5.82 Å². The highest BCUT2D eigenvalue weighted by atomic mass is 127. The number of sulfonamides is 1. The van der Waals surface area contributed by atoms with Gasteiger partial charge in [-0.05, 0) is 25.5 Å². The lowest BCUT2D eigenvalue weighted by Crippen LogP contribution is -2.45. The van der Waals surface area contributed by atoms with E-state index in [1.807, 2.05) is 11.8 Å². The van der Waals surface area contributed by atoms with Gasteiger partial charge in [-0.15, -0.1) is 24.0 Å². The Hall–Kier alpha value is -0.860. The number of hydrogen-bond donors (Lipinski definition) is 2. The molecule has 1 atom stereocenters. The van der Waals surface area contributed by atoms with Crippen molar-refractivity contribution in [2.75, 3.05) is 61.4 Å². The molecule has 1 unspecified atom stereocenters. The second-order valence-electron chi connectivity index (χ2n) is 6.97. The van der Waals surface area contributed by atoms with Crippen LogP contribution in [0.1, 0.15) is 13.3 Å². The summed E-state index contributed by atoms with van der Waals surface area (Å²) in [6.07, 6.45) is 2.41. The van der Waals surface area contributed by atoms with E-state index in [0.717, 1.165) is 17.9 Å². The average Bonchev–Trinajstić information content (AvgIpc) is 3.17. The van der Waals surface area contributed by atoms with Crippen LogP contribution in [0.15, 0.2) is 23.3 Å². The summed E-state index contributed by atoms with van der Waals surface area (Å²) in [5.41, 5.74) is 0. The van der Waals surface area contributed by atoms with Gasteiger partial charge in [0.15, 0.2) is 17.6 Å². The Morgan fingerprint density at radius 3 is 2.83 bits per heavy atom. The lowest BCUT2D eigenvalue weighted by atomic mass is 10.3. The lowest BCUT2D eigenvalue weighted by Gasteiger charge is -2.25. The van der Waals surface area contributed by atoms with Gasteiger partial charge in [-0.1, -0.05) is 0 Å². The molecule has 0 aliphatic carbocycles. The molecule has 2 aliphatic heterocycles. The van der Waals surface area contributed by atoms with Crippen molar-refractivity contribution in [3.8, 4) is 0 Å². The molecule has 170 valence electrons. The smallest absolute Gasteiger partial charge is 0.215 e. The second kappa shape index (κ2) is 12.2. The molecular formula is C18H30FIN6O2S2. The highest BCUT2D eigenvalue weighted by molar-refractivity contribution is 14.0. The zero-order valence-electron chi connectivity index (χ0n) is 17.1. The van der Waals surface area contributed by atoms with E-state index in [2.05, 4.69) is 20.6 Å². The Balaban J connectivity index is 0.00000320. The van der Waals surface area contributed by atoms with Crippen molar-refractivity contribution in [3.05, 3.63) is 24.1 Å². The topological polar surface area (TPSA) is 89.9 Å². The third-order valence-electron chi connectivity index (χ3n) is 4.89. The number of nitrogens with one attached hydrogen (secondary N) is 2. The third kappa shape index (κ3) is 7.09. The van der Waals surface area contributed by atoms with Gasteiger partial charge in [0.2, 0.25) is 10.0 Å². The summed E-state index contributed by atoms with van der Waals surface area (Å²) in [5.74, 6) is 2.33. The Kier molecular flexibility index (Phi) is 10.4. The van der Waals surface area contributed by atoms with E-state index in [0.29, 0.717) is 44.5 Å². The maximum absolute atomic E-state index is 14.0. The molecule has 30 heavy (non-hydrogen) atoms. The van der Waals surface area contributed by atoms with Crippen molar-refractivity contribution >= 4 is 57.5 Å². The normalized spacial score (nSPS) is 20.7. The molecule has 0 saturated carbocycles. The standard InChI is InChI=1S/C18H29FN6O2S2.HI/c1-2-20-18(22-7-13-29(26,27)25-9-11-28-12-10-25)23-15-5-8-24(14-15)17-16(19)4-3-6-21-17;/h3-4,6,15H,2,5,7-14H2,1H3,(H2,20,22,23);1H. The van der Waals surface area contributed by atoms with E-state index < -0.39 is 10.0 Å². The second-order valence-corrected chi connectivity index (χ2v) is 10.3. The predicted octanol–water partition coefficient (Wildman–Crippen LogP) is 1.35. The Morgan fingerprint density at radius 1 is 1.37 bits per heavy atom. The number of anilines is 1. The van der Waals surface area contributed by atoms with Gasteiger partial charge >= 0.3 is 0 Å². The van der Waals surface area contributed by atoms with Crippen LogP contribution in [0.4, 0.5) is 10.2 Å². The van der Waals surface area contributed by atoms with Crippen LogP contribution in [0.3, 0.4) is 0 Å². The minimum absolute atomic E-state index is 0. The third-order valence-corrected chi connectivity index (χ3v) is 7.69. The van der Waals surface area contributed by atoms with Crippen LogP contribution in [0.5, 0.6) is 0 Å². The highest BCUT2D eigenvalue weighted by Crippen LogP contribution is 2.20. The summed E-state index contributed by atoms with van der Waals surface area (Å²) in [6.45, 7) is 5.31. The first-order chi connectivity index (χ1) is 14.0. The summed E-state index contributed by atoms with van der Waals surface area (Å²) in [6, 6.07) is 3.08. The monoisotopic (exact) mass is 572 g/mol. The van der Waals surface area contributed by atoms with Crippen molar-refractivity contribution in [1.82, 2.24) is 19.9 Å². The molecule has 0 radical (unpaired) electrons. The van der Waals surface area contributed by atoms with E-state index >= 15 is 0 Å². The van der Waals surface area contributed by atoms with Crippen LogP contribution in [-0.2, 0) is 10.0 Å². The van der Waals surface area contributed by atoms with Gasteiger partial charge in [0.05, 0.1) is 12.3 Å². The van der Waals surface area contributed by atoms with E-state index in [9.17, 15) is 12.8 Å². The number of aromatic nitrogens is 1. The van der Waals surface area contributed by atoms with E-state index in [4.69, 9.17) is 0 Å². The van der Waals surface area contributed by atoms with Crippen LogP contribution in [0.2, 0.25) is 0 Å². The van der Waals surface area contributed by atoms with Gasteiger partial charge in [0.25, 0.3) is 0 Å². The van der Waals surface area contributed by atoms with Crippen LogP contribution in [-0.4, -0.2) is 86.2 Å². The summed E-state index contributed by atoms with van der Waals surface area (Å²) >= 11 is 1.78. The molecule has 0 spiro atoms. The van der Waals surface area contributed by atoms with E-state index in [1.54, 1.807) is 28.3 Å². The number of rotatable bonds is 7. The maximum atomic E-state index is 14.0. The zero-order valence-corrected chi connectivity index (χ0v) is 21.1. The summed E-state index contributed by atoms with van der Waals surface area (Å²) in [7, 11) is -3.27. The average molecular weight is 573 g/mol. The van der Waals surface area contributed by atoms with Crippen LogP contribution >= 0.6 is 35.7 Å². The number of halogens is 2. The van der Waals surface area contributed by atoms with Crippen molar-refractivity contribution in [1.29, 1.82) is 0 Å². The number of nitrogens with zero attached hydrogens (tertiary/aromatic N) is 4. The first-order valence-corrected chi connectivity index (χ1v) is 12.7. The Labute approximate surface area is 199 Å². The molecule has 1 aromatic heterocycles. The fourth-order valence-corrected chi connectivity index (χ4v) is 5.87. The van der Waals surface area contributed by atoms with Crippen molar-refractivity contribution in [2.24, 2.45) is 4.99 Å². The lowest BCUT2D eigenvalue weighted by molar-refractivity contribution is 0.444. The van der Waals surface area contributed by atoms with Gasteiger partial charge < -0.3 is 15.5 Å². The molecule has 2 saturated heterocycles. The number of aliphatic imine (C=N–C) groups is 1. The first kappa shape index (κ1) is 25.4. The van der Waals surface area contributed by atoms with Crippen LogP contribution in [0.25, 0.3) is 0 Å². The predicted molar refractivity (Wildman–Crippen MR) is 132 cm³/mol. The van der Waals surface area contributed by atoms with Gasteiger partial charge in [-0.3, -0.25) is 4.99 Å². The molecule has 12 heteroatoms. The largest absolute Gasteiger partial charge is 0.357 e. The number of thioether (sulfide) groups is 1. The van der Waals surface area contributed by atoms with E-state index in [1.165, 1.54) is 6.07 Å². The van der Waals surface area contributed by atoms with Crippen molar-refractivity contribution in [3.63, 3.8) is 0 Å². The molecule has 2 N–H and O–H groups in total. The van der Waals surface area contributed by atoms with Gasteiger partial charge in [-0.25, -0.2) is 22.1 Å². The fourth-order valence-electron chi connectivity index (χ4n) is 3.42. The molecular weight excluding hydrogens is 542 g/mol. The maximum Gasteiger partial charge on any atom is 0.215 e. The van der Waals surface area contributed by atoms with Gasteiger partial charge in [-0.2, -0.15) is 11.8 Å².